The van der Waals surface area contributed by atoms with Gasteiger partial charge in [-0.2, -0.15) is 0 Å². The monoisotopic (exact) mass is 468 g/mol. The van der Waals surface area contributed by atoms with Gasteiger partial charge in [0.25, 0.3) is 5.91 Å². The first-order valence-corrected chi connectivity index (χ1v) is 10.7. The molecule has 1 aromatic carbocycles. The van der Waals surface area contributed by atoms with Crippen molar-refractivity contribution in [1.29, 1.82) is 0 Å². The molecule has 2 aromatic rings. The number of benzene rings is 1. The molecule has 10 nitrogen and oxygen atoms in total. The Labute approximate surface area is 197 Å². The summed E-state index contributed by atoms with van der Waals surface area (Å²) in [4.78, 5) is 41.0. The molecule has 1 aromatic heterocycles. The topological polar surface area (TPSA) is 139 Å². The predicted molar refractivity (Wildman–Crippen MR) is 126 cm³/mol. The van der Waals surface area contributed by atoms with Crippen molar-refractivity contribution in [3.05, 3.63) is 54.4 Å². The van der Waals surface area contributed by atoms with Crippen molar-refractivity contribution in [2.45, 2.75) is 44.9 Å². The molecular weight excluding hydrogens is 440 g/mol. The molecule has 34 heavy (non-hydrogen) atoms. The Kier molecular flexibility index (Phi) is 7.52. The van der Waals surface area contributed by atoms with Crippen LogP contribution in [0.15, 0.2) is 48.7 Å². The average molecular weight is 469 g/mol. The van der Waals surface area contributed by atoms with Crippen LogP contribution < -0.4 is 16.0 Å². The van der Waals surface area contributed by atoms with Crippen LogP contribution in [0.5, 0.6) is 0 Å². The number of nitrogens with one attached hydrogen (secondary N) is 3. The Hall–Kier alpha value is -3.92. The highest BCUT2D eigenvalue weighted by molar-refractivity contribution is 6.00. The number of carbonyl (C=O) groups excluding carboxylic acids is 3. The van der Waals surface area contributed by atoms with E-state index in [9.17, 15) is 19.5 Å². The number of rotatable bonds is 2. The molecule has 180 valence electrons. The molecule has 0 radical (unpaired) electrons. The summed E-state index contributed by atoms with van der Waals surface area (Å²) in [5.74, 6) is -0.653. The van der Waals surface area contributed by atoms with Crippen molar-refractivity contribution in [3.63, 3.8) is 0 Å². The van der Waals surface area contributed by atoms with E-state index in [0.717, 1.165) is 0 Å². The highest BCUT2D eigenvalue weighted by atomic mass is 16.6. The second kappa shape index (κ2) is 10.3. The second-order valence-corrected chi connectivity index (χ2v) is 8.64. The third kappa shape index (κ3) is 6.55. The summed E-state index contributed by atoms with van der Waals surface area (Å²) in [6, 6.07) is 7.91. The molecule has 2 bridgehead atoms. The number of nitrogens with zero attached hydrogens (tertiary/aromatic N) is 1. The van der Waals surface area contributed by atoms with Gasteiger partial charge in [0, 0.05) is 17.4 Å². The Morgan fingerprint density at radius 3 is 2.65 bits per heavy atom. The van der Waals surface area contributed by atoms with E-state index in [0.29, 0.717) is 28.2 Å². The van der Waals surface area contributed by atoms with Crippen molar-refractivity contribution in [1.82, 2.24) is 10.3 Å². The number of amides is 3. The van der Waals surface area contributed by atoms with Crippen molar-refractivity contribution in [2.24, 2.45) is 0 Å². The van der Waals surface area contributed by atoms with Gasteiger partial charge < -0.3 is 25.2 Å². The van der Waals surface area contributed by atoms with E-state index in [1.807, 2.05) is 0 Å². The molecule has 0 aliphatic carbocycles. The Morgan fingerprint density at radius 2 is 1.94 bits per heavy atom. The quantitative estimate of drug-likeness (QED) is 0.492. The Balaban J connectivity index is 2.04. The molecule has 0 saturated carbocycles. The molecular formula is C24H28N4O6. The number of carbonyl (C=O) groups is 3. The SMILES string of the molecule is COC(=O)Nc1ccc2c(c1)NC(=O)C(O)C=CC[C@H](NC(=O)OC(C)(C)C)c1cc-2ccn1. The summed E-state index contributed by atoms with van der Waals surface area (Å²) in [5, 5.41) is 18.4. The molecule has 0 fully saturated rings. The third-order valence-electron chi connectivity index (χ3n) is 4.81. The van der Waals surface area contributed by atoms with Crippen LogP contribution in [0.1, 0.15) is 38.9 Å². The number of ether oxygens (including phenoxy) is 2. The molecule has 3 rings (SSSR count). The number of fused-ring (bicyclic) bond motifs is 4. The van der Waals surface area contributed by atoms with Crippen LogP contribution >= 0.6 is 0 Å². The van der Waals surface area contributed by atoms with E-state index in [1.54, 1.807) is 63.4 Å². The van der Waals surface area contributed by atoms with Crippen LogP contribution in [0, 0.1) is 0 Å². The molecule has 0 saturated heterocycles. The molecule has 10 heteroatoms. The van der Waals surface area contributed by atoms with E-state index >= 15 is 0 Å². The summed E-state index contributed by atoms with van der Waals surface area (Å²) in [5.41, 5.74) is 1.98. The van der Waals surface area contributed by atoms with Crippen molar-refractivity contribution < 1.29 is 29.0 Å². The maximum Gasteiger partial charge on any atom is 0.411 e. The summed E-state index contributed by atoms with van der Waals surface area (Å²) < 4.78 is 9.99. The number of aliphatic hydroxyl groups is 1. The number of hydrogen-bond acceptors (Lipinski definition) is 7. The van der Waals surface area contributed by atoms with Crippen LogP contribution in [-0.2, 0) is 14.3 Å². The highest BCUT2D eigenvalue weighted by Gasteiger charge is 2.23. The number of methoxy groups -OCH3 is 1. The largest absolute Gasteiger partial charge is 0.453 e. The average Bonchev–Trinajstić information content (AvgIpc) is 2.76. The minimum Gasteiger partial charge on any atom is -0.453 e. The summed E-state index contributed by atoms with van der Waals surface area (Å²) in [7, 11) is 1.24. The molecule has 3 amide bonds. The lowest BCUT2D eigenvalue weighted by atomic mass is 9.99. The lowest BCUT2D eigenvalue weighted by Gasteiger charge is -2.23. The fraction of sp³-hybridized carbons (Fsp3) is 0.333. The molecule has 2 heterocycles. The molecule has 0 spiro atoms. The Morgan fingerprint density at radius 1 is 1.18 bits per heavy atom. The lowest BCUT2D eigenvalue weighted by Crippen LogP contribution is -2.35. The number of pyridine rings is 1. The van der Waals surface area contributed by atoms with Gasteiger partial charge in [-0.25, -0.2) is 9.59 Å². The first-order chi connectivity index (χ1) is 16.1. The molecule has 1 aliphatic rings. The summed E-state index contributed by atoms with van der Waals surface area (Å²) >= 11 is 0. The van der Waals surface area contributed by atoms with Gasteiger partial charge in [0.05, 0.1) is 24.5 Å². The van der Waals surface area contributed by atoms with Gasteiger partial charge >= 0.3 is 12.2 Å². The number of anilines is 2. The normalized spacial score (nSPS) is 17.9. The van der Waals surface area contributed by atoms with Crippen LogP contribution in [0.2, 0.25) is 0 Å². The van der Waals surface area contributed by atoms with E-state index in [1.165, 1.54) is 13.2 Å². The number of alkyl carbamates (subject to hydrolysis) is 1. The number of hydrogen-bond donors (Lipinski definition) is 4. The summed E-state index contributed by atoms with van der Waals surface area (Å²) in [6.07, 6.45) is 2.10. The van der Waals surface area contributed by atoms with Gasteiger partial charge in [0.2, 0.25) is 0 Å². The number of aliphatic hydroxyl groups excluding tert-OH is 1. The maximum absolute atomic E-state index is 12.6. The molecule has 4 N–H and O–H groups in total. The molecule has 1 unspecified atom stereocenters. The zero-order valence-electron chi connectivity index (χ0n) is 19.4. The zero-order chi connectivity index (χ0) is 24.9. The van der Waals surface area contributed by atoms with Crippen molar-refractivity contribution in [3.8, 4) is 11.1 Å². The van der Waals surface area contributed by atoms with Gasteiger partial charge in [-0.1, -0.05) is 18.2 Å². The number of aromatic nitrogens is 1. The second-order valence-electron chi connectivity index (χ2n) is 8.64. The van der Waals surface area contributed by atoms with Gasteiger partial charge in [-0.05, 0) is 57.0 Å². The van der Waals surface area contributed by atoms with Gasteiger partial charge in [-0.3, -0.25) is 15.1 Å². The highest BCUT2D eigenvalue weighted by Crippen LogP contribution is 2.33. The van der Waals surface area contributed by atoms with Crippen LogP contribution in [0.3, 0.4) is 0 Å². The van der Waals surface area contributed by atoms with E-state index in [-0.39, 0.29) is 6.42 Å². The zero-order valence-corrected chi connectivity index (χ0v) is 19.4. The van der Waals surface area contributed by atoms with Crippen molar-refractivity contribution in [2.75, 3.05) is 17.7 Å². The van der Waals surface area contributed by atoms with Crippen molar-refractivity contribution >= 4 is 29.5 Å². The smallest absolute Gasteiger partial charge is 0.411 e. The lowest BCUT2D eigenvalue weighted by molar-refractivity contribution is -0.121. The predicted octanol–water partition coefficient (Wildman–Crippen LogP) is 3.75. The molecule has 2 atom stereocenters. The van der Waals surface area contributed by atoms with Crippen LogP contribution in [-0.4, -0.2) is 47.0 Å². The molecule has 1 aliphatic heterocycles. The van der Waals surface area contributed by atoms with Gasteiger partial charge in [0.1, 0.15) is 5.60 Å². The van der Waals surface area contributed by atoms with E-state index in [4.69, 9.17) is 4.74 Å². The van der Waals surface area contributed by atoms with Crippen LogP contribution in [0.25, 0.3) is 11.1 Å². The van der Waals surface area contributed by atoms with E-state index < -0.39 is 35.8 Å². The standard InChI is InChI=1S/C24H28N4O6/c1-24(2,3)34-23(32)28-17-6-5-7-20(29)21(30)27-18-13-15(26-22(31)33-4)8-9-16(18)14-10-11-25-19(17)12-14/h5,7-13,17,20,29H,6H2,1-4H3,(H,26,31)(H,27,30)(H,28,32)/t17-,20?/m0/s1. The fourth-order valence-corrected chi connectivity index (χ4v) is 3.29. The maximum atomic E-state index is 12.6. The first-order valence-electron chi connectivity index (χ1n) is 10.7. The van der Waals surface area contributed by atoms with E-state index in [2.05, 4.69) is 25.7 Å². The fourth-order valence-electron chi connectivity index (χ4n) is 3.29. The van der Waals surface area contributed by atoms with Crippen LogP contribution in [0.4, 0.5) is 21.0 Å². The minimum absolute atomic E-state index is 0.273. The third-order valence-corrected chi connectivity index (χ3v) is 4.81. The minimum atomic E-state index is -1.43. The summed E-state index contributed by atoms with van der Waals surface area (Å²) in [6.45, 7) is 5.30. The van der Waals surface area contributed by atoms with Gasteiger partial charge in [-0.15, -0.1) is 0 Å². The Bertz CT molecular complexity index is 1110. The first kappa shape index (κ1) is 24.7. The van der Waals surface area contributed by atoms with Gasteiger partial charge in [0.15, 0.2) is 6.10 Å².